The van der Waals surface area contributed by atoms with Gasteiger partial charge in [0.25, 0.3) is 5.91 Å². The largest absolute Gasteiger partial charge is 0.486 e. The molecule has 0 saturated carbocycles. The van der Waals surface area contributed by atoms with Gasteiger partial charge in [-0.15, -0.1) is 10.2 Å². The van der Waals surface area contributed by atoms with Crippen LogP contribution in [0.2, 0.25) is 5.02 Å². The molecule has 172 valence electrons. The number of halogens is 1. The number of ether oxygens (including phenoxy) is 2. The summed E-state index contributed by atoms with van der Waals surface area (Å²) in [7, 11) is 0. The zero-order valence-corrected chi connectivity index (χ0v) is 19.3. The monoisotopic (exact) mass is 475 g/mol. The number of amides is 1. The van der Waals surface area contributed by atoms with Gasteiger partial charge >= 0.3 is 0 Å². The van der Waals surface area contributed by atoms with Crippen LogP contribution < -0.4 is 14.8 Å². The lowest BCUT2D eigenvalue weighted by Crippen LogP contribution is -2.25. The van der Waals surface area contributed by atoms with E-state index in [1.165, 1.54) is 0 Å². The molecule has 1 aliphatic rings. The van der Waals surface area contributed by atoms with Gasteiger partial charge in [0.2, 0.25) is 11.8 Å². The van der Waals surface area contributed by atoms with Crippen molar-refractivity contribution in [3.05, 3.63) is 82.4 Å². The highest BCUT2D eigenvalue weighted by Crippen LogP contribution is 2.38. The Balaban J connectivity index is 1.20. The van der Waals surface area contributed by atoms with Gasteiger partial charge in [0.1, 0.15) is 13.2 Å². The first-order valence-electron chi connectivity index (χ1n) is 10.9. The van der Waals surface area contributed by atoms with Crippen molar-refractivity contribution in [2.75, 3.05) is 19.8 Å². The molecule has 0 bridgehead atoms. The van der Waals surface area contributed by atoms with E-state index >= 15 is 0 Å². The lowest BCUT2D eigenvalue weighted by atomic mass is 10.1. The standard InChI is InChI=1S/C26H22ClN3O4/c1-16-4-2-3-5-20(16)26-30-29-25(34-26)19-8-6-18(7-9-19)24(31)28-11-10-17-14-21(27)23-22(15-17)32-12-13-33-23/h2-9,14-15H,10-13H2,1H3,(H,28,31). The summed E-state index contributed by atoms with van der Waals surface area (Å²) in [6, 6.07) is 18.6. The average Bonchev–Trinajstić information content (AvgIpc) is 3.34. The van der Waals surface area contributed by atoms with E-state index in [0.717, 1.165) is 22.3 Å². The molecule has 5 rings (SSSR count). The third kappa shape index (κ3) is 4.61. The van der Waals surface area contributed by atoms with Gasteiger partial charge < -0.3 is 19.2 Å². The van der Waals surface area contributed by atoms with Crippen molar-refractivity contribution in [1.29, 1.82) is 0 Å². The molecule has 0 saturated heterocycles. The molecule has 0 aliphatic carbocycles. The molecule has 0 radical (unpaired) electrons. The minimum Gasteiger partial charge on any atom is -0.486 e. The molecular weight excluding hydrogens is 454 g/mol. The third-order valence-corrected chi connectivity index (χ3v) is 5.83. The van der Waals surface area contributed by atoms with E-state index < -0.39 is 0 Å². The highest BCUT2D eigenvalue weighted by molar-refractivity contribution is 6.32. The first-order chi connectivity index (χ1) is 16.6. The molecular formula is C26H22ClN3O4. The number of benzene rings is 3. The van der Waals surface area contributed by atoms with Crippen molar-refractivity contribution in [2.24, 2.45) is 0 Å². The maximum atomic E-state index is 12.6. The first-order valence-corrected chi connectivity index (χ1v) is 11.3. The lowest BCUT2D eigenvalue weighted by molar-refractivity contribution is 0.0954. The molecule has 0 unspecified atom stereocenters. The van der Waals surface area contributed by atoms with Crippen molar-refractivity contribution in [3.8, 4) is 34.4 Å². The van der Waals surface area contributed by atoms with E-state index in [4.69, 9.17) is 25.5 Å². The predicted molar refractivity (Wildman–Crippen MR) is 128 cm³/mol. The van der Waals surface area contributed by atoms with E-state index in [1.54, 1.807) is 24.3 Å². The molecule has 34 heavy (non-hydrogen) atoms. The van der Waals surface area contributed by atoms with E-state index in [2.05, 4.69) is 15.5 Å². The quantitative estimate of drug-likeness (QED) is 0.417. The summed E-state index contributed by atoms with van der Waals surface area (Å²) in [6.45, 7) is 3.44. The van der Waals surface area contributed by atoms with E-state index in [-0.39, 0.29) is 5.91 Å². The molecule has 3 aromatic carbocycles. The number of hydrogen-bond donors (Lipinski definition) is 1. The summed E-state index contributed by atoms with van der Waals surface area (Å²) in [6.07, 6.45) is 0.615. The molecule has 7 nitrogen and oxygen atoms in total. The van der Waals surface area contributed by atoms with Crippen molar-refractivity contribution < 1.29 is 18.7 Å². The third-order valence-electron chi connectivity index (χ3n) is 5.55. The van der Waals surface area contributed by atoms with Gasteiger partial charge in [0.15, 0.2) is 11.5 Å². The summed E-state index contributed by atoms with van der Waals surface area (Å²) >= 11 is 6.28. The molecule has 0 atom stereocenters. The SMILES string of the molecule is Cc1ccccc1-c1nnc(-c2ccc(C(=O)NCCc3cc(Cl)c4c(c3)OCCO4)cc2)o1. The highest BCUT2D eigenvalue weighted by atomic mass is 35.5. The predicted octanol–water partition coefficient (Wildman–Crippen LogP) is 5.11. The lowest BCUT2D eigenvalue weighted by Gasteiger charge is -2.20. The topological polar surface area (TPSA) is 86.5 Å². The van der Waals surface area contributed by atoms with Crippen molar-refractivity contribution in [3.63, 3.8) is 0 Å². The Hall–Kier alpha value is -3.84. The molecule has 1 amide bonds. The number of fused-ring (bicyclic) bond motifs is 1. The van der Waals surface area contributed by atoms with Crippen molar-refractivity contribution in [2.45, 2.75) is 13.3 Å². The molecule has 4 aromatic rings. The fourth-order valence-corrected chi connectivity index (χ4v) is 4.04. The van der Waals surface area contributed by atoms with Crippen LogP contribution in [0.4, 0.5) is 0 Å². The Labute approximate surface area is 201 Å². The average molecular weight is 476 g/mol. The zero-order valence-electron chi connectivity index (χ0n) is 18.5. The van der Waals surface area contributed by atoms with Crippen molar-refractivity contribution >= 4 is 17.5 Å². The number of aryl methyl sites for hydroxylation is 1. The second-order valence-corrected chi connectivity index (χ2v) is 8.32. The summed E-state index contributed by atoms with van der Waals surface area (Å²) < 4.78 is 17.0. The van der Waals surface area contributed by atoms with Gasteiger partial charge in [-0.1, -0.05) is 29.8 Å². The number of nitrogens with one attached hydrogen (secondary N) is 1. The number of hydrogen-bond acceptors (Lipinski definition) is 6. The normalized spacial score (nSPS) is 12.4. The van der Waals surface area contributed by atoms with Gasteiger partial charge in [-0.05, 0) is 66.9 Å². The second kappa shape index (κ2) is 9.57. The number of aromatic nitrogens is 2. The van der Waals surface area contributed by atoms with Crippen LogP contribution in [0.1, 0.15) is 21.5 Å². The summed E-state index contributed by atoms with van der Waals surface area (Å²) in [5.41, 5.74) is 4.21. The number of carbonyl (C=O) groups is 1. The van der Waals surface area contributed by atoms with Gasteiger partial charge in [-0.3, -0.25) is 4.79 Å². The Morgan fingerprint density at radius 3 is 2.59 bits per heavy atom. The van der Waals surface area contributed by atoms with Crippen LogP contribution in [-0.4, -0.2) is 35.9 Å². The first kappa shape index (κ1) is 22.0. The van der Waals surface area contributed by atoms with Crippen LogP contribution in [0, 0.1) is 6.92 Å². The Bertz CT molecular complexity index is 1330. The molecule has 0 fully saturated rings. The minimum atomic E-state index is -0.165. The summed E-state index contributed by atoms with van der Waals surface area (Å²) in [5.74, 6) is 1.92. The van der Waals surface area contributed by atoms with Gasteiger partial charge in [-0.25, -0.2) is 0 Å². The minimum absolute atomic E-state index is 0.165. The smallest absolute Gasteiger partial charge is 0.251 e. The van der Waals surface area contributed by atoms with Gasteiger partial charge in [-0.2, -0.15) is 0 Å². The van der Waals surface area contributed by atoms with Crippen LogP contribution in [0.3, 0.4) is 0 Å². The molecule has 8 heteroatoms. The Morgan fingerprint density at radius 2 is 1.76 bits per heavy atom. The zero-order chi connectivity index (χ0) is 23.5. The van der Waals surface area contributed by atoms with Crippen LogP contribution in [0.25, 0.3) is 22.9 Å². The van der Waals surface area contributed by atoms with E-state index in [0.29, 0.717) is 60.0 Å². The number of rotatable bonds is 6. The van der Waals surface area contributed by atoms with Crippen LogP contribution in [0.5, 0.6) is 11.5 Å². The van der Waals surface area contributed by atoms with Crippen LogP contribution >= 0.6 is 11.6 Å². The second-order valence-electron chi connectivity index (χ2n) is 7.91. The molecule has 1 aromatic heterocycles. The molecule has 0 spiro atoms. The molecule has 1 N–H and O–H groups in total. The summed E-state index contributed by atoms with van der Waals surface area (Å²) in [4.78, 5) is 12.6. The number of carbonyl (C=O) groups excluding carboxylic acids is 1. The fraction of sp³-hybridized carbons (Fsp3) is 0.192. The maximum absolute atomic E-state index is 12.6. The maximum Gasteiger partial charge on any atom is 0.251 e. The fourth-order valence-electron chi connectivity index (χ4n) is 3.76. The van der Waals surface area contributed by atoms with E-state index in [9.17, 15) is 4.79 Å². The Kier molecular flexibility index (Phi) is 6.18. The highest BCUT2D eigenvalue weighted by Gasteiger charge is 2.17. The molecule has 1 aliphatic heterocycles. The number of nitrogens with zero attached hydrogens (tertiary/aromatic N) is 2. The molecule has 2 heterocycles. The van der Waals surface area contributed by atoms with Crippen LogP contribution in [-0.2, 0) is 6.42 Å². The van der Waals surface area contributed by atoms with E-state index in [1.807, 2.05) is 43.3 Å². The summed E-state index contributed by atoms with van der Waals surface area (Å²) in [5, 5.41) is 11.8. The van der Waals surface area contributed by atoms with Crippen molar-refractivity contribution in [1.82, 2.24) is 15.5 Å². The Morgan fingerprint density at radius 1 is 1.00 bits per heavy atom. The van der Waals surface area contributed by atoms with Crippen LogP contribution in [0.15, 0.2) is 65.1 Å². The van der Waals surface area contributed by atoms with Gasteiger partial charge in [0, 0.05) is 23.2 Å². The van der Waals surface area contributed by atoms with Gasteiger partial charge in [0.05, 0.1) is 5.02 Å².